The summed E-state index contributed by atoms with van der Waals surface area (Å²) >= 11 is 0. The van der Waals surface area contributed by atoms with Crippen molar-refractivity contribution in [1.82, 2.24) is 0 Å². The molecule has 5 heteroatoms. The van der Waals surface area contributed by atoms with Crippen LogP contribution >= 0.6 is 0 Å². The Bertz CT molecular complexity index is 662. The van der Waals surface area contributed by atoms with Gasteiger partial charge in [0.25, 0.3) is 5.69 Å². The van der Waals surface area contributed by atoms with Crippen LogP contribution < -0.4 is 4.74 Å². The second-order valence-corrected chi connectivity index (χ2v) is 5.69. The molecule has 0 saturated carbocycles. The van der Waals surface area contributed by atoms with Crippen molar-refractivity contribution in [3.8, 4) is 5.75 Å². The number of nitro groups is 1. The minimum Gasteiger partial charge on any atom is -0.489 e. The molecule has 0 N–H and O–H groups in total. The number of carbonyl (C=O) groups excluding carboxylic acids is 1. The zero-order valence-corrected chi connectivity index (χ0v) is 13.1. The molecule has 0 saturated heterocycles. The van der Waals surface area contributed by atoms with Gasteiger partial charge in [-0.15, -0.1) is 0 Å². The van der Waals surface area contributed by atoms with E-state index in [2.05, 4.69) is 0 Å². The first-order valence-electron chi connectivity index (χ1n) is 7.42. The van der Waals surface area contributed by atoms with Gasteiger partial charge in [0.1, 0.15) is 18.6 Å². The lowest BCUT2D eigenvalue weighted by atomic mass is 9.90. The van der Waals surface area contributed by atoms with Gasteiger partial charge in [0, 0.05) is 18.1 Å². The first kappa shape index (κ1) is 16.7. The molecule has 0 aliphatic carbocycles. The van der Waals surface area contributed by atoms with Crippen molar-refractivity contribution >= 4 is 12.0 Å². The third kappa shape index (κ3) is 4.39. The van der Waals surface area contributed by atoms with Gasteiger partial charge < -0.3 is 9.53 Å². The van der Waals surface area contributed by atoms with Crippen LogP contribution in [0.4, 0.5) is 5.69 Å². The Balaban J connectivity index is 1.98. The Kier molecular flexibility index (Phi) is 5.46. The number of ether oxygens (including phenoxy) is 1. The van der Waals surface area contributed by atoms with Gasteiger partial charge in [-0.1, -0.05) is 26.0 Å². The molecule has 0 heterocycles. The number of nitro benzene ring substituents is 1. The fraction of sp³-hybridized carbons (Fsp3) is 0.278. The lowest BCUT2D eigenvalue weighted by Crippen LogP contribution is -2.07. The molecule has 2 aromatic rings. The standard InChI is InChI=1S/C18H19NO4/c1-13(2)18(11-20)15-5-9-17(10-6-15)23-12-14-3-7-16(8-4-14)19(21)22/h3-11,13,18H,12H2,1-2H3. The van der Waals surface area contributed by atoms with E-state index in [9.17, 15) is 14.9 Å². The molecule has 2 aromatic carbocycles. The summed E-state index contributed by atoms with van der Waals surface area (Å²) in [6.07, 6.45) is 0.970. The maximum Gasteiger partial charge on any atom is 0.269 e. The van der Waals surface area contributed by atoms with E-state index in [4.69, 9.17) is 4.74 Å². The van der Waals surface area contributed by atoms with Crippen LogP contribution in [-0.4, -0.2) is 11.2 Å². The maximum absolute atomic E-state index is 11.1. The lowest BCUT2D eigenvalue weighted by Gasteiger charge is -2.15. The highest BCUT2D eigenvalue weighted by atomic mass is 16.6. The van der Waals surface area contributed by atoms with Crippen molar-refractivity contribution < 1.29 is 14.5 Å². The predicted octanol–water partition coefficient (Wildman–Crippen LogP) is 4.11. The van der Waals surface area contributed by atoms with Crippen LogP contribution in [0.3, 0.4) is 0 Å². The summed E-state index contributed by atoms with van der Waals surface area (Å²) < 4.78 is 5.66. The quantitative estimate of drug-likeness (QED) is 0.438. The lowest BCUT2D eigenvalue weighted by molar-refractivity contribution is -0.384. The molecule has 5 nitrogen and oxygen atoms in total. The number of benzene rings is 2. The van der Waals surface area contributed by atoms with Gasteiger partial charge >= 0.3 is 0 Å². The molecule has 0 aliphatic rings. The topological polar surface area (TPSA) is 69.4 Å². The number of carbonyl (C=O) groups is 1. The average Bonchev–Trinajstić information content (AvgIpc) is 2.55. The largest absolute Gasteiger partial charge is 0.489 e. The van der Waals surface area contributed by atoms with Crippen LogP contribution in [0.1, 0.15) is 30.9 Å². The Morgan fingerprint density at radius 2 is 1.70 bits per heavy atom. The molecule has 0 fully saturated rings. The molecular formula is C18H19NO4. The van der Waals surface area contributed by atoms with Crippen molar-refractivity contribution in [2.45, 2.75) is 26.4 Å². The highest BCUT2D eigenvalue weighted by molar-refractivity contribution is 5.62. The molecule has 0 aliphatic heterocycles. The van der Waals surface area contributed by atoms with Crippen molar-refractivity contribution in [1.29, 1.82) is 0 Å². The van der Waals surface area contributed by atoms with Crippen LogP contribution in [0.25, 0.3) is 0 Å². The van der Waals surface area contributed by atoms with Gasteiger partial charge in [-0.2, -0.15) is 0 Å². The van der Waals surface area contributed by atoms with Crippen molar-refractivity contribution in [2.24, 2.45) is 5.92 Å². The van der Waals surface area contributed by atoms with Crippen LogP contribution in [0.15, 0.2) is 48.5 Å². The zero-order valence-electron chi connectivity index (χ0n) is 13.1. The van der Waals surface area contributed by atoms with Crippen molar-refractivity contribution in [3.63, 3.8) is 0 Å². The second-order valence-electron chi connectivity index (χ2n) is 5.69. The molecular weight excluding hydrogens is 294 g/mol. The third-order valence-electron chi connectivity index (χ3n) is 3.68. The fourth-order valence-corrected chi connectivity index (χ4v) is 2.29. The minimum atomic E-state index is -0.429. The Hall–Kier alpha value is -2.69. The summed E-state index contributed by atoms with van der Waals surface area (Å²) in [7, 11) is 0. The van der Waals surface area contributed by atoms with Crippen LogP contribution in [0, 0.1) is 16.0 Å². The van der Waals surface area contributed by atoms with Crippen molar-refractivity contribution in [3.05, 3.63) is 69.8 Å². The van der Waals surface area contributed by atoms with Gasteiger partial charge in [-0.05, 0) is 41.3 Å². The molecule has 0 amide bonds. The van der Waals surface area contributed by atoms with Crippen molar-refractivity contribution in [2.75, 3.05) is 0 Å². The maximum atomic E-state index is 11.1. The smallest absolute Gasteiger partial charge is 0.269 e. The summed E-state index contributed by atoms with van der Waals surface area (Å²) in [5, 5.41) is 10.6. The Morgan fingerprint density at radius 1 is 1.09 bits per heavy atom. The normalized spacial score (nSPS) is 12.0. The summed E-state index contributed by atoms with van der Waals surface area (Å²) in [6, 6.07) is 13.7. The van der Waals surface area contributed by atoms with E-state index in [0.29, 0.717) is 12.4 Å². The number of aldehydes is 1. The zero-order chi connectivity index (χ0) is 16.8. The van der Waals surface area contributed by atoms with Gasteiger partial charge in [-0.3, -0.25) is 10.1 Å². The van der Waals surface area contributed by atoms with E-state index in [-0.39, 0.29) is 17.5 Å². The molecule has 0 bridgehead atoms. The highest BCUT2D eigenvalue weighted by Crippen LogP contribution is 2.24. The molecule has 0 spiro atoms. The SMILES string of the molecule is CC(C)C(C=O)c1ccc(OCc2ccc([N+](=O)[O-])cc2)cc1. The summed E-state index contributed by atoms with van der Waals surface area (Å²) in [6.45, 7) is 4.36. The highest BCUT2D eigenvalue weighted by Gasteiger charge is 2.14. The molecule has 1 unspecified atom stereocenters. The number of rotatable bonds is 7. The molecule has 2 rings (SSSR count). The van der Waals surface area contributed by atoms with Crippen LogP contribution in [0.2, 0.25) is 0 Å². The van der Waals surface area contributed by atoms with E-state index < -0.39 is 4.92 Å². The van der Waals surface area contributed by atoms with E-state index in [1.165, 1.54) is 12.1 Å². The number of hydrogen-bond donors (Lipinski definition) is 0. The first-order chi connectivity index (χ1) is 11.0. The Morgan fingerprint density at radius 3 is 2.17 bits per heavy atom. The van der Waals surface area contributed by atoms with Gasteiger partial charge in [-0.25, -0.2) is 0 Å². The van der Waals surface area contributed by atoms with E-state index in [1.807, 2.05) is 38.1 Å². The van der Waals surface area contributed by atoms with Crippen LogP contribution in [-0.2, 0) is 11.4 Å². The minimum absolute atomic E-state index is 0.0618. The third-order valence-corrected chi connectivity index (χ3v) is 3.68. The van der Waals surface area contributed by atoms with Gasteiger partial charge in [0.2, 0.25) is 0 Å². The summed E-state index contributed by atoms with van der Waals surface area (Å²) in [5.41, 5.74) is 1.89. The predicted molar refractivity (Wildman–Crippen MR) is 87.5 cm³/mol. The summed E-state index contributed by atoms with van der Waals surface area (Å²) in [5.74, 6) is 0.832. The molecule has 1 atom stereocenters. The number of nitrogens with zero attached hydrogens (tertiary/aromatic N) is 1. The van der Waals surface area contributed by atoms with E-state index in [1.54, 1.807) is 12.1 Å². The fourth-order valence-electron chi connectivity index (χ4n) is 2.29. The van der Waals surface area contributed by atoms with Gasteiger partial charge in [0.15, 0.2) is 0 Å². The monoisotopic (exact) mass is 313 g/mol. The molecule has 23 heavy (non-hydrogen) atoms. The summed E-state index contributed by atoms with van der Waals surface area (Å²) in [4.78, 5) is 21.3. The number of non-ortho nitro benzene ring substituents is 1. The second kappa shape index (κ2) is 7.54. The Labute approximate surface area is 135 Å². The van der Waals surface area contributed by atoms with Gasteiger partial charge in [0.05, 0.1) is 4.92 Å². The molecule has 0 radical (unpaired) electrons. The first-order valence-corrected chi connectivity index (χ1v) is 7.42. The molecule has 0 aromatic heterocycles. The van der Waals surface area contributed by atoms with E-state index in [0.717, 1.165) is 17.4 Å². The number of hydrogen-bond acceptors (Lipinski definition) is 4. The van der Waals surface area contributed by atoms with E-state index >= 15 is 0 Å². The van der Waals surface area contributed by atoms with Crippen LogP contribution in [0.5, 0.6) is 5.75 Å². The molecule has 120 valence electrons. The average molecular weight is 313 g/mol.